The standard InChI is InChI=1S/C33H36N2O8/c1-3-25(34-11-1)26-6-7-27(35-26)33(31-10-9-30(43-31)28-4-2-12-40-28)24-5-8-29-32(23-24)42-22-20-39-18-16-37-14-13-36-15-17-38-19-21-41-29/h1-12,23,33-35H,13-22H2. The van der Waals surface area contributed by atoms with Crippen LogP contribution in [0.2, 0.25) is 0 Å². The second-order valence-corrected chi connectivity index (χ2v) is 9.88. The molecule has 4 aromatic heterocycles. The lowest BCUT2D eigenvalue weighted by Crippen LogP contribution is -2.16. The number of benzene rings is 1. The largest absolute Gasteiger partial charge is 0.487 e. The van der Waals surface area contributed by atoms with Gasteiger partial charge < -0.3 is 47.2 Å². The molecule has 0 saturated carbocycles. The van der Waals surface area contributed by atoms with Gasteiger partial charge in [-0.25, -0.2) is 0 Å². The first-order valence-electron chi connectivity index (χ1n) is 14.5. The van der Waals surface area contributed by atoms with Crippen LogP contribution in [0.4, 0.5) is 0 Å². The summed E-state index contributed by atoms with van der Waals surface area (Å²) in [4.78, 5) is 6.84. The van der Waals surface area contributed by atoms with Gasteiger partial charge in [0.05, 0.1) is 76.4 Å². The summed E-state index contributed by atoms with van der Waals surface area (Å²) in [6, 6.07) is 21.7. The van der Waals surface area contributed by atoms with Crippen molar-refractivity contribution in [3.05, 3.63) is 96.2 Å². The van der Waals surface area contributed by atoms with Gasteiger partial charge in [0, 0.05) is 11.9 Å². The van der Waals surface area contributed by atoms with E-state index in [2.05, 4.69) is 22.1 Å². The molecule has 10 nitrogen and oxygen atoms in total. The Kier molecular flexibility index (Phi) is 9.93. The van der Waals surface area contributed by atoms with Gasteiger partial charge in [-0.3, -0.25) is 0 Å². The zero-order valence-corrected chi connectivity index (χ0v) is 23.9. The molecule has 0 aliphatic carbocycles. The topological polar surface area (TPSA) is 113 Å². The highest BCUT2D eigenvalue weighted by molar-refractivity contribution is 5.58. The average Bonchev–Trinajstić information content (AvgIpc) is 3.85. The molecule has 0 fully saturated rings. The molecular weight excluding hydrogens is 552 g/mol. The van der Waals surface area contributed by atoms with Gasteiger partial charge in [-0.2, -0.15) is 0 Å². The van der Waals surface area contributed by atoms with Crippen molar-refractivity contribution in [1.29, 1.82) is 0 Å². The minimum atomic E-state index is -0.258. The Morgan fingerprint density at radius 3 is 1.98 bits per heavy atom. The molecule has 0 radical (unpaired) electrons. The first-order valence-corrected chi connectivity index (χ1v) is 14.5. The summed E-state index contributed by atoms with van der Waals surface area (Å²) in [7, 11) is 0. The number of nitrogens with one attached hydrogen (secondary N) is 2. The van der Waals surface area contributed by atoms with E-state index in [9.17, 15) is 0 Å². The number of rotatable bonds is 5. The molecule has 5 heterocycles. The molecule has 10 heteroatoms. The molecule has 0 bridgehead atoms. The summed E-state index contributed by atoms with van der Waals surface area (Å²) in [5, 5.41) is 0. The molecule has 0 amide bonds. The number of H-pyrrole nitrogens is 2. The van der Waals surface area contributed by atoms with Crippen LogP contribution in [0, 0.1) is 0 Å². The van der Waals surface area contributed by atoms with Crippen LogP contribution in [0.25, 0.3) is 22.9 Å². The predicted molar refractivity (Wildman–Crippen MR) is 159 cm³/mol. The molecule has 226 valence electrons. The number of hydrogen-bond acceptors (Lipinski definition) is 8. The van der Waals surface area contributed by atoms with Crippen molar-refractivity contribution in [1.82, 2.24) is 9.97 Å². The fraction of sp³-hybridized carbons (Fsp3) is 0.333. The lowest BCUT2D eigenvalue weighted by atomic mass is 9.93. The second-order valence-electron chi connectivity index (χ2n) is 9.88. The number of ether oxygens (including phenoxy) is 6. The third kappa shape index (κ3) is 7.60. The fourth-order valence-corrected chi connectivity index (χ4v) is 4.91. The number of aromatic amines is 2. The Morgan fingerprint density at radius 2 is 1.30 bits per heavy atom. The van der Waals surface area contributed by atoms with Crippen LogP contribution in [0.1, 0.15) is 22.9 Å². The fourth-order valence-electron chi connectivity index (χ4n) is 4.91. The Morgan fingerprint density at radius 1 is 0.581 bits per heavy atom. The Balaban J connectivity index is 1.29. The summed E-state index contributed by atoms with van der Waals surface area (Å²) in [6.07, 6.45) is 3.54. The van der Waals surface area contributed by atoms with Crippen molar-refractivity contribution in [2.45, 2.75) is 5.92 Å². The first-order chi connectivity index (χ1) is 21.3. The monoisotopic (exact) mass is 588 g/mol. The van der Waals surface area contributed by atoms with Crippen LogP contribution in [0.5, 0.6) is 11.5 Å². The van der Waals surface area contributed by atoms with E-state index < -0.39 is 0 Å². The summed E-state index contributed by atoms with van der Waals surface area (Å²) < 4.78 is 46.7. The molecule has 1 aromatic carbocycles. The van der Waals surface area contributed by atoms with Gasteiger partial charge in [0.15, 0.2) is 23.0 Å². The lowest BCUT2D eigenvalue weighted by molar-refractivity contribution is -0.00842. The maximum absolute atomic E-state index is 6.37. The quantitative estimate of drug-likeness (QED) is 0.262. The SMILES string of the molecule is c1c[nH]c(-c2ccc(C(c3ccc4c(c3)OCCOCCOCCOCCOCCO4)c3ccc(-c4ccco4)o3)[nH]2)c1. The highest BCUT2D eigenvalue weighted by Gasteiger charge is 2.25. The van der Waals surface area contributed by atoms with E-state index in [1.807, 2.05) is 60.8 Å². The van der Waals surface area contributed by atoms with Gasteiger partial charge in [-0.15, -0.1) is 0 Å². The summed E-state index contributed by atoms with van der Waals surface area (Å²) in [5.74, 6) is 3.06. The number of aromatic nitrogens is 2. The van der Waals surface area contributed by atoms with Crippen LogP contribution in [-0.4, -0.2) is 76.0 Å². The normalized spacial score (nSPS) is 16.7. The molecule has 1 aliphatic heterocycles. The molecule has 1 unspecified atom stereocenters. The van der Waals surface area contributed by atoms with Crippen LogP contribution in [0.15, 0.2) is 88.0 Å². The van der Waals surface area contributed by atoms with Crippen LogP contribution < -0.4 is 9.47 Å². The molecule has 1 atom stereocenters. The molecule has 43 heavy (non-hydrogen) atoms. The molecule has 0 spiro atoms. The van der Waals surface area contributed by atoms with Crippen LogP contribution in [-0.2, 0) is 18.9 Å². The van der Waals surface area contributed by atoms with E-state index in [0.717, 1.165) is 28.4 Å². The third-order valence-corrected chi connectivity index (χ3v) is 6.97. The predicted octanol–water partition coefficient (Wildman–Crippen LogP) is 5.88. The minimum absolute atomic E-state index is 0.258. The number of furan rings is 2. The molecular formula is C33H36N2O8. The molecule has 2 N–H and O–H groups in total. The maximum Gasteiger partial charge on any atom is 0.169 e. The van der Waals surface area contributed by atoms with Gasteiger partial charge >= 0.3 is 0 Å². The summed E-state index contributed by atoms with van der Waals surface area (Å²) in [6.45, 7) is 4.58. The van der Waals surface area contributed by atoms with E-state index in [1.165, 1.54) is 0 Å². The van der Waals surface area contributed by atoms with Gasteiger partial charge in [0.1, 0.15) is 19.0 Å². The van der Waals surface area contributed by atoms with E-state index in [-0.39, 0.29) is 5.92 Å². The second kappa shape index (κ2) is 14.8. The lowest BCUT2D eigenvalue weighted by Gasteiger charge is -2.19. The third-order valence-electron chi connectivity index (χ3n) is 6.97. The highest BCUT2D eigenvalue weighted by Crippen LogP contribution is 2.39. The van der Waals surface area contributed by atoms with Gasteiger partial charge in [-0.05, 0) is 66.2 Å². The zero-order chi connectivity index (χ0) is 29.1. The smallest absolute Gasteiger partial charge is 0.169 e. The van der Waals surface area contributed by atoms with Gasteiger partial charge in [0.2, 0.25) is 0 Å². The van der Waals surface area contributed by atoms with Crippen molar-refractivity contribution in [2.75, 3.05) is 66.1 Å². The molecule has 6 rings (SSSR count). The maximum atomic E-state index is 6.37. The van der Waals surface area contributed by atoms with Crippen molar-refractivity contribution in [3.8, 4) is 34.4 Å². The number of fused-ring (bicyclic) bond motifs is 1. The van der Waals surface area contributed by atoms with Crippen LogP contribution >= 0.6 is 0 Å². The van der Waals surface area contributed by atoms with Crippen LogP contribution in [0.3, 0.4) is 0 Å². The van der Waals surface area contributed by atoms with Crippen molar-refractivity contribution < 1.29 is 37.3 Å². The Hall–Kier alpha value is -4.22. The van der Waals surface area contributed by atoms with E-state index in [0.29, 0.717) is 89.1 Å². The van der Waals surface area contributed by atoms with Gasteiger partial charge in [-0.1, -0.05) is 6.07 Å². The van der Waals surface area contributed by atoms with Crippen molar-refractivity contribution >= 4 is 0 Å². The van der Waals surface area contributed by atoms with Crippen molar-refractivity contribution in [2.24, 2.45) is 0 Å². The van der Waals surface area contributed by atoms with E-state index in [4.69, 9.17) is 37.3 Å². The zero-order valence-electron chi connectivity index (χ0n) is 23.9. The Bertz CT molecular complexity index is 1430. The molecule has 5 aromatic rings. The molecule has 1 aliphatic rings. The average molecular weight is 589 g/mol. The minimum Gasteiger partial charge on any atom is -0.487 e. The summed E-state index contributed by atoms with van der Waals surface area (Å²) >= 11 is 0. The number of hydrogen-bond donors (Lipinski definition) is 2. The molecule has 0 saturated heterocycles. The van der Waals surface area contributed by atoms with Gasteiger partial charge in [0.25, 0.3) is 0 Å². The summed E-state index contributed by atoms with van der Waals surface area (Å²) in [5.41, 5.74) is 3.90. The van der Waals surface area contributed by atoms with E-state index in [1.54, 1.807) is 6.26 Å². The Labute approximate surface area is 249 Å². The van der Waals surface area contributed by atoms with E-state index >= 15 is 0 Å². The highest BCUT2D eigenvalue weighted by atomic mass is 16.6. The first kappa shape index (κ1) is 28.9. The van der Waals surface area contributed by atoms with Crippen molar-refractivity contribution in [3.63, 3.8) is 0 Å².